The molecule has 0 saturated carbocycles. The molecule has 5 heteroatoms. The van der Waals surface area contributed by atoms with Gasteiger partial charge >= 0.3 is 0 Å². The van der Waals surface area contributed by atoms with Gasteiger partial charge in [0, 0.05) is 23.9 Å². The molecule has 0 saturated heterocycles. The number of aryl methyl sites for hydroxylation is 1. The van der Waals surface area contributed by atoms with E-state index in [0.717, 1.165) is 0 Å². The minimum atomic E-state index is -0.417. The van der Waals surface area contributed by atoms with Gasteiger partial charge in [-0.2, -0.15) is 0 Å². The van der Waals surface area contributed by atoms with Crippen molar-refractivity contribution >= 4 is 11.4 Å². The van der Waals surface area contributed by atoms with E-state index in [-0.39, 0.29) is 12.3 Å². The maximum Gasteiger partial charge on any atom is 0.274 e. The first-order valence-corrected chi connectivity index (χ1v) is 4.25. The molecule has 0 unspecified atom stereocenters. The lowest BCUT2D eigenvalue weighted by molar-refractivity contribution is -0.385. The van der Waals surface area contributed by atoms with Gasteiger partial charge < -0.3 is 10.4 Å². The molecule has 76 valence electrons. The van der Waals surface area contributed by atoms with E-state index >= 15 is 0 Å². The predicted octanol–water partition coefficient (Wildman–Crippen LogP) is 1.31. The minimum Gasteiger partial charge on any atom is -0.395 e. The summed E-state index contributed by atoms with van der Waals surface area (Å²) in [5.41, 5.74) is 1.37. The van der Waals surface area contributed by atoms with Crippen LogP contribution in [0.1, 0.15) is 5.56 Å². The molecule has 1 rings (SSSR count). The molecule has 0 aliphatic rings. The Labute approximate surface area is 81.5 Å². The zero-order valence-electron chi connectivity index (χ0n) is 7.86. The first-order valence-electron chi connectivity index (χ1n) is 4.25. The molecule has 0 atom stereocenters. The number of aliphatic hydroxyl groups excluding tert-OH is 1. The standard InChI is InChI=1S/C9H12N2O3/c1-7-2-3-8(10-4-5-12)6-9(7)11(13)14/h2-3,6,10,12H,4-5H2,1H3. The second-order valence-electron chi connectivity index (χ2n) is 2.91. The number of anilines is 1. The van der Waals surface area contributed by atoms with Gasteiger partial charge in [-0.25, -0.2) is 0 Å². The van der Waals surface area contributed by atoms with Crippen LogP contribution in [0.5, 0.6) is 0 Å². The van der Waals surface area contributed by atoms with Gasteiger partial charge in [-0.05, 0) is 13.0 Å². The van der Waals surface area contributed by atoms with Crippen molar-refractivity contribution in [3.8, 4) is 0 Å². The van der Waals surface area contributed by atoms with Crippen LogP contribution in [-0.2, 0) is 0 Å². The molecule has 0 aliphatic carbocycles. The van der Waals surface area contributed by atoms with Crippen molar-refractivity contribution in [1.82, 2.24) is 0 Å². The van der Waals surface area contributed by atoms with Gasteiger partial charge in [0.05, 0.1) is 11.5 Å². The Hall–Kier alpha value is -1.62. The molecule has 14 heavy (non-hydrogen) atoms. The Bertz CT molecular complexity index is 339. The van der Waals surface area contributed by atoms with Crippen LogP contribution in [0.4, 0.5) is 11.4 Å². The third-order valence-corrected chi connectivity index (χ3v) is 1.85. The Kier molecular flexibility index (Phi) is 3.41. The summed E-state index contributed by atoms with van der Waals surface area (Å²) in [4.78, 5) is 10.2. The molecule has 0 bridgehead atoms. The molecule has 0 heterocycles. The topological polar surface area (TPSA) is 75.4 Å². The van der Waals surface area contributed by atoms with E-state index in [0.29, 0.717) is 17.8 Å². The number of nitrogens with one attached hydrogen (secondary N) is 1. The van der Waals surface area contributed by atoms with Crippen LogP contribution in [0.3, 0.4) is 0 Å². The van der Waals surface area contributed by atoms with Crippen LogP contribution in [0, 0.1) is 17.0 Å². The largest absolute Gasteiger partial charge is 0.395 e. The van der Waals surface area contributed by atoms with Crippen LogP contribution in [0.15, 0.2) is 18.2 Å². The molecule has 0 spiro atoms. The van der Waals surface area contributed by atoms with E-state index in [4.69, 9.17) is 5.11 Å². The fraction of sp³-hybridized carbons (Fsp3) is 0.333. The van der Waals surface area contributed by atoms with Crippen molar-refractivity contribution in [3.05, 3.63) is 33.9 Å². The van der Waals surface area contributed by atoms with Crippen molar-refractivity contribution < 1.29 is 10.0 Å². The molecule has 0 radical (unpaired) electrons. The van der Waals surface area contributed by atoms with Crippen molar-refractivity contribution in [2.24, 2.45) is 0 Å². The second kappa shape index (κ2) is 4.57. The van der Waals surface area contributed by atoms with Gasteiger partial charge in [-0.3, -0.25) is 10.1 Å². The van der Waals surface area contributed by atoms with Crippen LogP contribution in [0.2, 0.25) is 0 Å². The van der Waals surface area contributed by atoms with Crippen LogP contribution in [-0.4, -0.2) is 23.2 Å². The molecule has 1 aromatic rings. The third-order valence-electron chi connectivity index (χ3n) is 1.85. The predicted molar refractivity (Wildman–Crippen MR) is 53.4 cm³/mol. The number of hydrogen-bond donors (Lipinski definition) is 2. The summed E-state index contributed by atoms with van der Waals surface area (Å²) in [5, 5.41) is 22.0. The first kappa shape index (κ1) is 10.5. The molecule has 0 amide bonds. The Balaban J connectivity index is 2.89. The Morgan fingerprint density at radius 1 is 1.57 bits per heavy atom. The summed E-state index contributed by atoms with van der Waals surface area (Å²) in [6.07, 6.45) is 0. The normalized spacial score (nSPS) is 9.86. The summed E-state index contributed by atoms with van der Waals surface area (Å²) in [6, 6.07) is 4.89. The summed E-state index contributed by atoms with van der Waals surface area (Å²) in [7, 11) is 0. The van der Waals surface area contributed by atoms with Crippen LogP contribution in [0.25, 0.3) is 0 Å². The SMILES string of the molecule is Cc1ccc(NCCO)cc1[N+](=O)[O-]. The molecule has 2 N–H and O–H groups in total. The van der Waals surface area contributed by atoms with E-state index in [1.807, 2.05) is 0 Å². The van der Waals surface area contributed by atoms with E-state index in [1.54, 1.807) is 19.1 Å². The highest BCUT2D eigenvalue weighted by Gasteiger charge is 2.10. The van der Waals surface area contributed by atoms with Gasteiger partial charge in [0.25, 0.3) is 5.69 Å². The van der Waals surface area contributed by atoms with E-state index in [1.165, 1.54) is 6.07 Å². The molecule has 0 aromatic heterocycles. The van der Waals surface area contributed by atoms with Crippen LogP contribution < -0.4 is 5.32 Å². The minimum absolute atomic E-state index is 0.00166. The van der Waals surface area contributed by atoms with Gasteiger partial charge in [-0.1, -0.05) is 6.07 Å². The highest BCUT2D eigenvalue weighted by Crippen LogP contribution is 2.21. The fourth-order valence-electron chi connectivity index (χ4n) is 1.12. The molecular weight excluding hydrogens is 184 g/mol. The quantitative estimate of drug-likeness (QED) is 0.562. The van der Waals surface area contributed by atoms with E-state index in [9.17, 15) is 10.1 Å². The van der Waals surface area contributed by atoms with Crippen molar-refractivity contribution in [3.63, 3.8) is 0 Å². The fourth-order valence-corrected chi connectivity index (χ4v) is 1.12. The third kappa shape index (κ3) is 2.43. The number of nitrogens with zero attached hydrogens (tertiary/aromatic N) is 1. The summed E-state index contributed by atoms with van der Waals surface area (Å²) >= 11 is 0. The smallest absolute Gasteiger partial charge is 0.274 e. The van der Waals surface area contributed by atoms with E-state index < -0.39 is 4.92 Å². The van der Waals surface area contributed by atoms with Crippen LogP contribution >= 0.6 is 0 Å². The second-order valence-corrected chi connectivity index (χ2v) is 2.91. The average molecular weight is 196 g/mol. The Morgan fingerprint density at radius 2 is 2.29 bits per heavy atom. The zero-order valence-corrected chi connectivity index (χ0v) is 7.86. The maximum atomic E-state index is 10.6. The number of benzene rings is 1. The highest BCUT2D eigenvalue weighted by atomic mass is 16.6. The molecule has 0 aliphatic heterocycles. The number of nitro benzene ring substituents is 1. The van der Waals surface area contributed by atoms with Crippen molar-refractivity contribution in [2.45, 2.75) is 6.92 Å². The average Bonchev–Trinajstić information content (AvgIpc) is 2.16. The lowest BCUT2D eigenvalue weighted by Crippen LogP contribution is -2.05. The van der Waals surface area contributed by atoms with Crippen molar-refractivity contribution in [1.29, 1.82) is 0 Å². The van der Waals surface area contributed by atoms with Gasteiger partial charge in [0.15, 0.2) is 0 Å². The van der Waals surface area contributed by atoms with Gasteiger partial charge in [0.2, 0.25) is 0 Å². The summed E-state index contributed by atoms with van der Waals surface area (Å²) < 4.78 is 0. The number of hydrogen-bond acceptors (Lipinski definition) is 4. The maximum absolute atomic E-state index is 10.6. The monoisotopic (exact) mass is 196 g/mol. The van der Waals surface area contributed by atoms with Gasteiger partial charge in [0.1, 0.15) is 0 Å². The Morgan fingerprint density at radius 3 is 2.86 bits per heavy atom. The number of nitro groups is 1. The van der Waals surface area contributed by atoms with E-state index in [2.05, 4.69) is 5.32 Å². The molecule has 0 fully saturated rings. The lowest BCUT2D eigenvalue weighted by atomic mass is 10.2. The summed E-state index contributed by atoms with van der Waals surface area (Å²) in [6.45, 7) is 2.08. The zero-order chi connectivity index (χ0) is 10.6. The molecular formula is C9H12N2O3. The number of aliphatic hydroxyl groups is 1. The first-order chi connectivity index (χ1) is 6.65. The highest BCUT2D eigenvalue weighted by molar-refractivity contribution is 5.54. The number of rotatable bonds is 4. The summed E-state index contributed by atoms with van der Waals surface area (Å²) in [5.74, 6) is 0. The molecule has 5 nitrogen and oxygen atoms in total. The lowest BCUT2D eigenvalue weighted by Gasteiger charge is -2.04. The molecule has 1 aromatic carbocycles. The van der Waals surface area contributed by atoms with Crippen molar-refractivity contribution in [2.75, 3.05) is 18.5 Å². The van der Waals surface area contributed by atoms with Gasteiger partial charge in [-0.15, -0.1) is 0 Å².